The zero-order valence-electron chi connectivity index (χ0n) is 13.6. The van der Waals surface area contributed by atoms with Gasteiger partial charge in [-0.15, -0.1) is 0 Å². The molecule has 0 saturated carbocycles. The molecule has 128 valence electrons. The minimum absolute atomic E-state index is 0.378. The van der Waals surface area contributed by atoms with E-state index < -0.39 is 0 Å². The highest BCUT2D eigenvalue weighted by atomic mass is 35.5. The third-order valence-corrected chi connectivity index (χ3v) is 4.01. The van der Waals surface area contributed by atoms with Gasteiger partial charge < -0.3 is 9.47 Å². The first-order valence-corrected chi connectivity index (χ1v) is 8.11. The molecule has 6 nitrogen and oxygen atoms in total. The normalized spacial score (nSPS) is 11.0. The van der Waals surface area contributed by atoms with Crippen LogP contribution in [-0.4, -0.2) is 35.3 Å². The predicted molar refractivity (Wildman–Crippen MR) is 100 cm³/mol. The number of para-hydroxylation sites is 1. The van der Waals surface area contributed by atoms with Gasteiger partial charge in [0.05, 0.1) is 20.4 Å². The fourth-order valence-electron chi connectivity index (χ4n) is 2.32. The van der Waals surface area contributed by atoms with E-state index in [9.17, 15) is 0 Å². The molecule has 0 saturated heterocycles. The molecule has 8 heteroatoms. The molecule has 0 bridgehead atoms. The highest BCUT2D eigenvalue weighted by Crippen LogP contribution is 2.29. The topological polar surface area (TPSA) is 64.4 Å². The van der Waals surface area contributed by atoms with Crippen LogP contribution in [0, 0.1) is 4.77 Å². The lowest BCUT2D eigenvalue weighted by atomic mass is 10.2. The Morgan fingerprint density at radius 1 is 1.16 bits per heavy atom. The lowest BCUT2D eigenvalue weighted by Crippen LogP contribution is -1.98. The van der Waals surface area contributed by atoms with Gasteiger partial charge in [-0.1, -0.05) is 17.7 Å². The van der Waals surface area contributed by atoms with Crippen LogP contribution in [-0.2, 0) is 0 Å². The molecule has 0 aliphatic carbocycles. The third kappa shape index (κ3) is 3.57. The first-order valence-electron chi connectivity index (χ1n) is 7.32. The number of H-pyrrole nitrogens is 1. The average molecular weight is 375 g/mol. The molecule has 0 amide bonds. The fraction of sp³-hybridized carbons (Fsp3) is 0.118. The second-order valence-corrected chi connectivity index (χ2v) is 5.82. The maximum Gasteiger partial charge on any atom is 0.216 e. The van der Waals surface area contributed by atoms with Gasteiger partial charge >= 0.3 is 0 Å². The molecule has 25 heavy (non-hydrogen) atoms. The molecule has 0 atom stereocenters. The summed E-state index contributed by atoms with van der Waals surface area (Å²) < 4.78 is 12.6. The van der Waals surface area contributed by atoms with Crippen LogP contribution in [0.4, 0.5) is 0 Å². The minimum Gasteiger partial charge on any atom is -0.493 e. The number of halogens is 1. The summed E-state index contributed by atoms with van der Waals surface area (Å²) >= 11 is 11.2. The van der Waals surface area contributed by atoms with E-state index in [1.807, 2.05) is 30.3 Å². The molecule has 3 rings (SSSR count). The van der Waals surface area contributed by atoms with Crippen molar-refractivity contribution in [3.05, 3.63) is 57.8 Å². The molecule has 0 aliphatic heterocycles. The van der Waals surface area contributed by atoms with Crippen LogP contribution in [0.25, 0.3) is 11.4 Å². The summed E-state index contributed by atoms with van der Waals surface area (Å²) in [5.74, 6) is 1.80. The number of hydrogen-bond acceptors (Lipinski definition) is 5. The number of hydrogen-bond donors (Lipinski definition) is 1. The Morgan fingerprint density at radius 3 is 2.60 bits per heavy atom. The van der Waals surface area contributed by atoms with Crippen LogP contribution in [0.15, 0.2) is 47.6 Å². The van der Waals surface area contributed by atoms with Gasteiger partial charge in [0.2, 0.25) is 4.77 Å². The molecule has 1 N–H and O–H groups in total. The number of methoxy groups -OCH3 is 2. The molecule has 0 aliphatic rings. The van der Waals surface area contributed by atoms with Gasteiger partial charge in [-0.2, -0.15) is 14.9 Å². The first-order chi connectivity index (χ1) is 12.1. The largest absolute Gasteiger partial charge is 0.493 e. The first kappa shape index (κ1) is 17.2. The number of benzene rings is 2. The summed E-state index contributed by atoms with van der Waals surface area (Å²) in [6, 6.07) is 12.8. The summed E-state index contributed by atoms with van der Waals surface area (Å²) in [6.07, 6.45) is 1.64. The zero-order chi connectivity index (χ0) is 17.8. The van der Waals surface area contributed by atoms with Gasteiger partial charge in [-0.05, 0) is 48.6 Å². The summed E-state index contributed by atoms with van der Waals surface area (Å²) in [5.41, 5.74) is 1.60. The highest BCUT2D eigenvalue weighted by molar-refractivity contribution is 7.71. The Balaban J connectivity index is 2.02. The zero-order valence-corrected chi connectivity index (χ0v) is 15.1. The quantitative estimate of drug-likeness (QED) is 0.538. The van der Waals surface area contributed by atoms with Crippen molar-refractivity contribution in [2.75, 3.05) is 14.2 Å². The van der Waals surface area contributed by atoms with Crippen LogP contribution in [0.2, 0.25) is 5.02 Å². The van der Waals surface area contributed by atoms with Crippen molar-refractivity contribution in [3.8, 4) is 22.9 Å². The van der Waals surface area contributed by atoms with Crippen LogP contribution >= 0.6 is 23.8 Å². The maximum atomic E-state index is 5.94. The SMILES string of the molecule is COc1cccc(C=Nn2c(-c3ccc(Cl)cc3)n[nH]c2=S)c1OC. The molecular formula is C17H15ClN4O2S. The molecule has 0 radical (unpaired) electrons. The van der Waals surface area contributed by atoms with E-state index in [0.717, 1.165) is 11.1 Å². The summed E-state index contributed by atoms with van der Waals surface area (Å²) in [7, 11) is 3.17. The van der Waals surface area contributed by atoms with Crippen molar-refractivity contribution in [3.63, 3.8) is 0 Å². The van der Waals surface area contributed by atoms with Gasteiger partial charge in [0.1, 0.15) is 0 Å². The molecule has 1 heterocycles. The number of rotatable bonds is 5. The molecular weight excluding hydrogens is 360 g/mol. The fourth-order valence-corrected chi connectivity index (χ4v) is 2.62. The monoisotopic (exact) mass is 374 g/mol. The number of aromatic nitrogens is 3. The average Bonchev–Trinajstić information content (AvgIpc) is 3.00. The van der Waals surface area contributed by atoms with E-state index in [1.54, 1.807) is 32.6 Å². The van der Waals surface area contributed by atoms with E-state index in [1.165, 1.54) is 4.68 Å². The standard InChI is InChI=1S/C17H15ClN4O2S/c1-23-14-5-3-4-12(15(14)24-2)10-19-22-16(20-21-17(22)25)11-6-8-13(18)9-7-11/h3-10H,1-2H3,(H,21,25). The molecule has 2 aromatic carbocycles. The van der Waals surface area contributed by atoms with Crippen LogP contribution in [0.1, 0.15) is 5.56 Å². The molecule has 1 aromatic heterocycles. The van der Waals surface area contributed by atoms with Gasteiger partial charge in [0.25, 0.3) is 0 Å². The number of aromatic amines is 1. The minimum atomic E-state index is 0.378. The van der Waals surface area contributed by atoms with Crippen LogP contribution < -0.4 is 9.47 Å². The van der Waals surface area contributed by atoms with Crippen LogP contribution in [0.5, 0.6) is 11.5 Å². The van der Waals surface area contributed by atoms with E-state index >= 15 is 0 Å². The van der Waals surface area contributed by atoms with E-state index in [0.29, 0.717) is 27.1 Å². The molecule has 0 unspecified atom stereocenters. The second kappa shape index (κ2) is 7.50. The van der Waals surface area contributed by atoms with Crippen molar-refractivity contribution in [1.29, 1.82) is 0 Å². The van der Waals surface area contributed by atoms with Gasteiger partial charge in [-0.3, -0.25) is 0 Å². The van der Waals surface area contributed by atoms with Crippen molar-refractivity contribution < 1.29 is 9.47 Å². The smallest absolute Gasteiger partial charge is 0.216 e. The van der Waals surface area contributed by atoms with E-state index in [-0.39, 0.29) is 0 Å². The third-order valence-electron chi connectivity index (χ3n) is 3.50. The summed E-state index contributed by atoms with van der Waals surface area (Å²) in [5, 5.41) is 12.1. The molecule has 0 spiro atoms. The lowest BCUT2D eigenvalue weighted by molar-refractivity contribution is 0.354. The molecule has 3 aromatic rings. The van der Waals surface area contributed by atoms with Crippen molar-refractivity contribution in [2.24, 2.45) is 5.10 Å². The van der Waals surface area contributed by atoms with E-state index in [2.05, 4.69) is 15.3 Å². The Hall–Kier alpha value is -2.64. The number of nitrogens with one attached hydrogen (secondary N) is 1. The predicted octanol–water partition coefficient (Wildman–Crippen LogP) is 4.16. The second-order valence-electron chi connectivity index (χ2n) is 5.00. The Morgan fingerprint density at radius 2 is 1.92 bits per heavy atom. The Bertz CT molecular complexity index is 964. The maximum absolute atomic E-state index is 5.94. The Labute approximate surface area is 154 Å². The number of ether oxygens (including phenoxy) is 2. The van der Waals surface area contributed by atoms with Crippen molar-refractivity contribution in [2.45, 2.75) is 0 Å². The van der Waals surface area contributed by atoms with Crippen molar-refractivity contribution in [1.82, 2.24) is 14.9 Å². The molecule has 0 fully saturated rings. The van der Waals surface area contributed by atoms with E-state index in [4.69, 9.17) is 33.3 Å². The van der Waals surface area contributed by atoms with Gasteiger partial charge in [-0.25, -0.2) is 5.10 Å². The van der Waals surface area contributed by atoms with Crippen LogP contribution in [0.3, 0.4) is 0 Å². The highest BCUT2D eigenvalue weighted by Gasteiger charge is 2.10. The van der Waals surface area contributed by atoms with Gasteiger partial charge in [0.15, 0.2) is 17.3 Å². The lowest BCUT2D eigenvalue weighted by Gasteiger charge is -2.09. The van der Waals surface area contributed by atoms with Crippen molar-refractivity contribution >= 4 is 30.0 Å². The number of nitrogens with zero attached hydrogens (tertiary/aromatic N) is 3. The summed E-state index contributed by atoms with van der Waals surface area (Å²) in [4.78, 5) is 0. The van der Waals surface area contributed by atoms with Gasteiger partial charge in [0, 0.05) is 16.1 Å². The Kier molecular flexibility index (Phi) is 5.16. The summed E-state index contributed by atoms with van der Waals surface area (Å²) in [6.45, 7) is 0.